The second-order valence-electron chi connectivity index (χ2n) is 7.49. The molecule has 10 nitrogen and oxygen atoms in total. The quantitative estimate of drug-likeness (QED) is 0.464. The maximum Gasteiger partial charge on any atom is 0.317 e. The minimum Gasteiger partial charge on any atom is -0.337 e. The van der Waals surface area contributed by atoms with Gasteiger partial charge in [0.1, 0.15) is 18.7 Å². The third-order valence-corrected chi connectivity index (χ3v) is 4.89. The third-order valence-electron chi connectivity index (χ3n) is 4.89. The smallest absolute Gasteiger partial charge is 0.317 e. The summed E-state index contributed by atoms with van der Waals surface area (Å²) in [5.74, 6) is -0.456. The average molecular weight is 450 g/mol. The van der Waals surface area contributed by atoms with Crippen LogP contribution in [0.15, 0.2) is 67.3 Å². The number of urea groups is 1. The summed E-state index contributed by atoms with van der Waals surface area (Å²) in [7, 11) is 1.70. The van der Waals surface area contributed by atoms with Crippen LogP contribution in [0.1, 0.15) is 24.9 Å². The summed E-state index contributed by atoms with van der Waals surface area (Å²) in [6, 6.07) is 15.7. The van der Waals surface area contributed by atoms with E-state index in [0.717, 1.165) is 5.56 Å². The van der Waals surface area contributed by atoms with Crippen LogP contribution in [0.25, 0.3) is 0 Å². The lowest BCUT2D eigenvalue weighted by molar-refractivity contribution is -0.119. The molecule has 1 heterocycles. The Labute approximate surface area is 192 Å². The van der Waals surface area contributed by atoms with Gasteiger partial charge in [0.05, 0.1) is 0 Å². The minimum atomic E-state index is -0.506. The number of carbonyl (C=O) groups excluding carboxylic acids is 3. The number of aromatic nitrogens is 3. The zero-order valence-corrected chi connectivity index (χ0v) is 18.6. The number of amides is 4. The van der Waals surface area contributed by atoms with Crippen molar-refractivity contribution in [2.24, 2.45) is 0 Å². The largest absolute Gasteiger partial charge is 0.337 e. The van der Waals surface area contributed by atoms with Gasteiger partial charge in [0.25, 0.3) is 0 Å². The van der Waals surface area contributed by atoms with Crippen LogP contribution >= 0.6 is 0 Å². The van der Waals surface area contributed by atoms with Crippen LogP contribution in [0.4, 0.5) is 16.2 Å². The molecule has 1 atom stereocenters. The summed E-state index contributed by atoms with van der Waals surface area (Å²) < 4.78 is 1.46. The number of nitrogens with one attached hydrogen (secondary N) is 3. The third kappa shape index (κ3) is 7.17. The Morgan fingerprint density at radius 2 is 1.67 bits per heavy atom. The fourth-order valence-electron chi connectivity index (χ4n) is 2.99. The summed E-state index contributed by atoms with van der Waals surface area (Å²) in [6.07, 6.45) is 2.99. The molecule has 33 heavy (non-hydrogen) atoms. The highest BCUT2D eigenvalue weighted by atomic mass is 16.2. The molecule has 3 rings (SSSR count). The van der Waals surface area contributed by atoms with Gasteiger partial charge in [0.2, 0.25) is 11.8 Å². The Balaban J connectivity index is 1.38. The Hall–Kier alpha value is -4.21. The van der Waals surface area contributed by atoms with E-state index in [1.54, 1.807) is 43.1 Å². The van der Waals surface area contributed by atoms with Crippen molar-refractivity contribution in [2.45, 2.75) is 25.9 Å². The lowest BCUT2D eigenvalue weighted by Gasteiger charge is -2.18. The first kappa shape index (κ1) is 23.5. The van der Waals surface area contributed by atoms with E-state index in [2.05, 4.69) is 26.0 Å². The maximum absolute atomic E-state index is 12.3. The normalized spacial score (nSPS) is 11.3. The molecule has 0 saturated carbocycles. The van der Waals surface area contributed by atoms with Gasteiger partial charge in [0, 0.05) is 37.9 Å². The highest BCUT2D eigenvalue weighted by Crippen LogP contribution is 2.15. The minimum absolute atomic E-state index is 0.138. The van der Waals surface area contributed by atoms with E-state index >= 15 is 0 Å². The van der Waals surface area contributed by atoms with E-state index in [0.29, 0.717) is 17.9 Å². The zero-order chi connectivity index (χ0) is 23.6. The summed E-state index contributed by atoms with van der Waals surface area (Å²) in [4.78, 5) is 42.0. The standard InChI is InChI=1S/C23H27N7O3/c1-17(30-16-24-15-26-30)22(32)28-20-10-8-19(9-11-20)27-21(31)12-13-25-23(33)29(2)14-18-6-4-3-5-7-18/h3-11,15-17H,12-14H2,1-2H3,(H,25,33)(H,27,31)(H,28,32). The van der Waals surface area contributed by atoms with Gasteiger partial charge in [-0.3, -0.25) is 9.59 Å². The SMILES string of the molecule is CC(C(=O)Nc1ccc(NC(=O)CCNC(=O)N(C)Cc2ccccc2)cc1)n1cncn1. The van der Waals surface area contributed by atoms with Gasteiger partial charge in [0.15, 0.2) is 0 Å². The number of nitrogens with zero attached hydrogens (tertiary/aromatic N) is 4. The van der Waals surface area contributed by atoms with Crippen molar-refractivity contribution in [3.8, 4) is 0 Å². The molecular formula is C23H27N7O3. The second-order valence-corrected chi connectivity index (χ2v) is 7.49. The molecule has 3 aromatic rings. The van der Waals surface area contributed by atoms with Crippen LogP contribution in [0.3, 0.4) is 0 Å². The molecule has 0 aliphatic carbocycles. The van der Waals surface area contributed by atoms with Gasteiger partial charge in [-0.1, -0.05) is 30.3 Å². The molecule has 0 bridgehead atoms. The van der Waals surface area contributed by atoms with Gasteiger partial charge in [-0.25, -0.2) is 14.5 Å². The average Bonchev–Trinajstić information content (AvgIpc) is 3.35. The summed E-state index contributed by atoms with van der Waals surface area (Å²) in [6.45, 7) is 2.42. The topological polar surface area (TPSA) is 121 Å². The van der Waals surface area contributed by atoms with Crippen LogP contribution in [0.5, 0.6) is 0 Å². The summed E-state index contributed by atoms with van der Waals surface area (Å²) in [5.41, 5.74) is 2.22. The lowest BCUT2D eigenvalue weighted by atomic mass is 10.2. The number of hydrogen-bond acceptors (Lipinski definition) is 5. The molecule has 0 radical (unpaired) electrons. The molecule has 0 spiro atoms. The first-order valence-electron chi connectivity index (χ1n) is 10.5. The van der Waals surface area contributed by atoms with E-state index in [1.165, 1.54) is 17.3 Å². The van der Waals surface area contributed by atoms with Crippen molar-refractivity contribution in [2.75, 3.05) is 24.2 Å². The van der Waals surface area contributed by atoms with E-state index in [-0.39, 0.29) is 30.8 Å². The molecule has 3 N–H and O–H groups in total. The lowest BCUT2D eigenvalue weighted by Crippen LogP contribution is -2.38. The van der Waals surface area contributed by atoms with Crippen LogP contribution in [0.2, 0.25) is 0 Å². The van der Waals surface area contributed by atoms with Crippen LogP contribution in [-0.2, 0) is 16.1 Å². The van der Waals surface area contributed by atoms with E-state index in [1.807, 2.05) is 30.3 Å². The van der Waals surface area contributed by atoms with Crippen molar-refractivity contribution >= 4 is 29.2 Å². The first-order valence-corrected chi connectivity index (χ1v) is 10.5. The van der Waals surface area contributed by atoms with Crippen LogP contribution in [0, 0.1) is 0 Å². The molecule has 172 valence electrons. The van der Waals surface area contributed by atoms with E-state index < -0.39 is 6.04 Å². The number of carbonyl (C=O) groups is 3. The van der Waals surface area contributed by atoms with E-state index in [9.17, 15) is 14.4 Å². The molecule has 1 unspecified atom stereocenters. The highest BCUT2D eigenvalue weighted by Gasteiger charge is 2.15. The van der Waals surface area contributed by atoms with Gasteiger partial charge in [-0.15, -0.1) is 0 Å². The van der Waals surface area contributed by atoms with E-state index in [4.69, 9.17) is 0 Å². The molecule has 2 aromatic carbocycles. The molecule has 10 heteroatoms. The number of hydrogen-bond donors (Lipinski definition) is 3. The summed E-state index contributed by atoms with van der Waals surface area (Å²) in [5, 5.41) is 12.3. The zero-order valence-electron chi connectivity index (χ0n) is 18.6. The van der Waals surface area contributed by atoms with Gasteiger partial charge in [-0.05, 0) is 36.8 Å². The van der Waals surface area contributed by atoms with Crippen LogP contribution in [-0.4, -0.2) is 51.1 Å². The van der Waals surface area contributed by atoms with Crippen molar-refractivity contribution < 1.29 is 14.4 Å². The number of anilines is 2. The fourth-order valence-corrected chi connectivity index (χ4v) is 2.99. The molecule has 0 fully saturated rings. The van der Waals surface area contributed by atoms with Gasteiger partial charge < -0.3 is 20.9 Å². The predicted molar refractivity (Wildman–Crippen MR) is 124 cm³/mol. The molecule has 0 aliphatic heterocycles. The monoisotopic (exact) mass is 449 g/mol. The summed E-state index contributed by atoms with van der Waals surface area (Å²) >= 11 is 0. The first-order chi connectivity index (χ1) is 15.9. The number of benzene rings is 2. The molecule has 0 aliphatic rings. The van der Waals surface area contributed by atoms with Gasteiger partial charge >= 0.3 is 6.03 Å². The van der Waals surface area contributed by atoms with Crippen molar-refractivity contribution in [3.63, 3.8) is 0 Å². The number of rotatable bonds is 9. The van der Waals surface area contributed by atoms with Crippen molar-refractivity contribution in [1.29, 1.82) is 0 Å². The maximum atomic E-state index is 12.3. The predicted octanol–water partition coefficient (Wildman–Crippen LogP) is 2.65. The molecule has 0 saturated heterocycles. The fraction of sp³-hybridized carbons (Fsp3) is 0.261. The molecule has 1 aromatic heterocycles. The Morgan fingerprint density at radius 3 is 2.30 bits per heavy atom. The Kier molecular flexibility index (Phi) is 8.12. The molecule has 4 amide bonds. The molecular weight excluding hydrogens is 422 g/mol. The highest BCUT2D eigenvalue weighted by molar-refractivity contribution is 5.94. The van der Waals surface area contributed by atoms with Crippen LogP contribution < -0.4 is 16.0 Å². The van der Waals surface area contributed by atoms with Crippen molar-refractivity contribution in [1.82, 2.24) is 25.0 Å². The Morgan fingerprint density at radius 1 is 1.00 bits per heavy atom. The Bertz CT molecular complexity index is 1050. The van der Waals surface area contributed by atoms with Gasteiger partial charge in [-0.2, -0.15) is 5.10 Å². The second kappa shape index (κ2) is 11.4. The van der Waals surface area contributed by atoms with Crippen molar-refractivity contribution in [3.05, 3.63) is 72.8 Å².